The molecule has 4 nitrogen and oxygen atoms in total. The summed E-state index contributed by atoms with van der Waals surface area (Å²) < 4.78 is 5.58. The molecule has 16 heavy (non-hydrogen) atoms. The highest BCUT2D eigenvalue weighted by Gasteiger charge is 2.40. The average Bonchev–Trinajstić information content (AvgIpc) is 2.72. The third-order valence-electron chi connectivity index (χ3n) is 3.14. The van der Waals surface area contributed by atoms with Gasteiger partial charge in [-0.05, 0) is 26.2 Å². The van der Waals surface area contributed by atoms with Crippen molar-refractivity contribution >= 4 is 5.91 Å². The molecule has 0 spiro atoms. The first-order chi connectivity index (χ1) is 7.64. The Kier molecular flexibility index (Phi) is 5.22. The largest absolute Gasteiger partial charge is 0.365 e. The summed E-state index contributed by atoms with van der Waals surface area (Å²) >= 11 is 0. The van der Waals surface area contributed by atoms with Gasteiger partial charge in [0.1, 0.15) is 5.60 Å². The number of carbonyl (C=O) groups excluding carboxylic acids is 1. The Bertz CT molecular complexity index is 225. The van der Waals surface area contributed by atoms with E-state index in [1.165, 1.54) is 0 Å². The van der Waals surface area contributed by atoms with Gasteiger partial charge in [-0.15, -0.1) is 0 Å². The number of ether oxygens (including phenoxy) is 1. The summed E-state index contributed by atoms with van der Waals surface area (Å²) in [5.74, 6) is 0.115. The molecule has 1 rings (SSSR count). The predicted octanol–water partition coefficient (Wildman–Crippen LogP) is 1.14. The summed E-state index contributed by atoms with van der Waals surface area (Å²) in [4.78, 5) is 14.2. The molecule has 2 N–H and O–H groups in total. The van der Waals surface area contributed by atoms with Crippen LogP contribution in [0.25, 0.3) is 0 Å². The van der Waals surface area contributed by atoms with Gasteiger partial charge in [-0.25, -0.2) is 0 Å². The maximum Gasteiger partial charge on any atom is 0.254 e. The van der Waals surface area contributed by atoms with Crippen molar-refractivity contribution in [2.45, 2.75) is 45.1 Å². The fourth-order valence-electron chi connectivity index (χ4n) is 2.10. The fraction of sp³-hybridized carbons (Fsp3) is 0.917. The van der Waals surface area contributed by atoms with Gasteiger partial charge in [-0.3, -0.25) is 4.79 Å². The highest BCUT2D eigenvalue weighted by molar-refractivity contribution is 5.85. The van der Waals surface area contributed by atoms with E-state index in [0.717, 1.165) is 32.2 Å². The van der Waals surface area contributed by atoms with E-state index in [0.29, 0.717) is 19.7 Å². The molecule has 0 aromatic rings. The van der Waals surface area contributed by atoms with E-state index in [1.807, 2.05) is 11.8 Å². The summed E-state index contributed by atoms with van der Waals surface area (Å²) in [6.45, 7) is 6.68. The van der Waals surface area contributed by atoms with Gasteiger partial charge in [0.05, 0.1) is 0 Å². The topological polar surface area (TPSA) is 55.6 Å². The molecule has 0 aromatic heterocycles. The SMILES string of the molecule is CCCCN(CCN)C(=O)C1(C)CCCO1. The Labute approximate surface area is 98.1 Å². The summed E-state index contributed by atoms with van der Waals surface area (Å²) in [5.41, 5.74) is 4.95. The van der Waals surface area contributed by atoms with Crippen LogP contribution in [-0.2, 0) is 9.53 Å². The van der Waals surface area contributed by atoms with Crippen LogP contribution in [0.4, 0.5) is 0 Å². The smallest absolute Gasteiger partial charge is 0.254 e. The van der Waals surface area contributed by atoms with Crippen LogP contribution in [0.1, 0.15) is 39.5 Å². The average molecular weight is 228 g/mol. The number of nitrogens with zero attached hydrogens (tertiary/aromatic N) is 1. The number of rotatable bonds is 6. The first-order valence-corrected chi connectivity index (χ1v) is 6.27. The lowest BCUT2D eigenvalue weighted by Crippen LogP contribution is -2.48. The van der Waals surface area contributed by atoms with E-state index in [2.05, 4.69) is 6.92 Å². The summed E-state index contributed by atoms with van der Waals surface area (Å²) in [7, 11) is 0. The third-order valence-corrected chi connectivity index (χ3v) is 3.14. The Hall–Kier alpha value is -0.610. The molecule has 94 valence electrons. The zero-order valence-electron chi connectivity index (χ0n) is 10.5. The molecule has 0 aromatic carbocycles. The van der Waals surface area contributed by atoms with Crippen LogP contribution in [-0.4, -0.2) is 42.6 Å². The maximum absolute atomic E-state index is 12.3. The van der Waals surface area contributed by atoms with Gasteiger partial charge in [0.15, 0.2) is 0 Å². The zero-order valence-corrected chi connectivity index (χ0v) is 10.5. The molecule has 1 atom stereocenters. The molecule has 4 heteroatoms. The molecule has 1 amide bonds. The Morgan fingerprint density at radius 1 is 1.50 bits per heavy atom. The molecule has 0 radical (unpaired) electrons. The second kappa shape index (κ2) is 6.21. The number of amides is 1. The number of nitrogens with two attached hydrogens (primary N) is 1. The standard InChI is InChI=1S/C12H24N2O2/c1-3-4-8-14(9-7-13)11(15)12(2)6-5-10-16-12/h3-10,13H2,1-2H3. The highest BCUT2D eigenvalue weighted by Crippen LogP contribution is 2.27. The first-order valence-electron chi connectivity index (χ1n) is 6.27. The van der Waals surface area contributed by atoms with Crippen molar-refractivity contribution in [2.75, 3.05) is 26.2 Å². The lowest BCUT2D eigenvalue weighted by Gasteiger charge is -2.30. The van der Waals surface area contributed by atoms with Gasteiger partial charge >= 0.3 is 0 Å². The Balaban J connectivity index is 2.58. The van der Waals surface area contributed by atoms with Crippen molar-refractivity contribution < 1.29 is 9.53 Å². The molecule has 1 heterocycles. The van der Waals surface area contributed by atoms with E-state index in [-0.39, 0.29) is 5.91 Å². The van der Waals surface area contributed by atoms with E-state index in [1.54, 1.807) is 0 Å². The molecule has 1 aliphatic heterocycles. The number of carbonyl (C=O) groups is 1. The van der Waals surface area contributed by atoms with Gasteiger partial charge < -0.3 is 15.4 Å². The van der Waals surface area contributed by atoms with E-state index in [4.69, 9.17) is 10.5 Å². The molecular formula is C12H24N2O2. The van der Waals surface area contributed by atoms with Gasteiger partial charge in [0.25, 0.3) is 5.91 Å². The molecular weight excluding hydrogens is 204 g/mol. The third kappa shape index (κ3) is 3.19. The highest BCUT2D eigenvalue weighted by atomic mass is 16.5. The monoisotopic (exact) mass is 228 g/mol. The minimum absolute atomic E-state index is 0.115. The van der Waals surface area contributed by atoms with Crippen LogP contribution < -0.4 is 5.73 Å². The molecule has 0 bridgehead atoms. The molecule has 1 fully saturated rings. The van der Waals surface area contributed by atoms with Crippen molar-refractivity contribution in [1.82, 2.24) is 4.90 Å². The van der Waals surface area contributed by atoms with Crippen LogP contribution in [0.15, 0.2) is 0 Å². The summed E-state index contributed by atoms with van der Waals surface area (Å²) in [5, 5.41) is 0. The first kappa shape index (κ1) is 13.5. The Morgan fingerprint density at radius 3 is 2.75 bits per heavy atom. The second-order valence-electron chi connectivity index (χ2n) is 4.62. The minimum Gasteiger partial charge on any atom is -0.365 e. The lowest BCUT2D eigenvalue weighted by molar-refractivity contribution is -0.151. The van der Waals surface area contributed by atoms with Gasteiger partial charge in [-0.1, -0.05) is 13.3 Å². The van der Waals surface area contributed by atoms with Crippen LogP contribution >= 0.6 is 0 Å². The summed E-state index contributed by atoms with van der Waals surface area (Å²) in [6, 6.07) is 0. The van der Waals surface area contributed by atoms with Crippen molar-refractivity contribution in [3.8, 4) is 0 Å². The molecule has 1 aliphatic rings. The molecule has 1 unspecified atom stereocenters. The second-order valence-corrected chi connectivity index (χ2v) is 4.62. The minimum atomic E-state index is -0.594. The lowest BCUT2D eigenvalue weighted by atomic mass is 10.0. The number of hydrogen-bond donors (Lipinski definition) is 1. The van der Waals surface area contributed by atoms with Crippen molar-refractivity contribution in [3.63, 3.8) is 0 Å². The predicted molar refractivity (Wildman–Crippen MR) is 64.1 cm³/mol. The maximum atomic E-state index is 12.3. The van der Waals surface area contributed by atoms with Crippen LogP contribution in [0.3, 0.4) is 0 Å². The molecule has 0 saturated carbocycles. The fourth-order valence-corrected chi connectivity index (χ4v) is 2.10. The van der Waals surface area contributed by atoms with Crippen LogP contribution in [0.5, 0.6) is 0 Å². The van der Waals surface area contributed by atoms with Crippen molar-refractivity contribution in [1.29, 1.82) is 0 Å². The Morgan fingerprint density at radius 2 is 2.25 bits per heavy atom. The normalized spacial score (nSPS) is 24.7. The zero-order chi connectivity index (χ0) is 12.0. The summed E-state index contributed by atoms with van der Waals surface area (Å²) in [6.07, 6.45) is 3.93. The van der Waals surface area contributed by atoms with E-state index < -0.39 is 5.60 Å². The number of hydrogen-bond acceptors (Lipinski definition) is 3. The van der Waals surface area contributed by atoms with Crippen molar-refractivity contribution in [3.05, 3.63) is 0 Å². The van der Waals surface area contributed by atoms with E-state index in [9.17, 15) is 4.79 Å². The number of unbranched alkanes of at least 4 members (excludes halogenated alkanes) is 1. The molecule has 1 saturated heterocycles. The van der Waals surface area contributed by atoms with Gasteiger partial charge in [-0.2, -0.15) is 0 Å². The van der Waals surface area contributed by atoms with Crippen LogP contribution in [0.2, 0.25) is 0 Å². The van der Waals surface area contributed by atoms with Crippen LogP contribution in [0, 0.1) is 0 Å². The van der Waals surface area contributed by atoms with Gasteiger partial charge in [0.2, 0.25) is 0 Å². The van der Waals surface area contributed by atoms with Gasteiger partial charge in [0, 0.05) is 26.2 Å². The quantitative estimate of drug-likeness (QED) is 0.742. The molecule has 0 aliphatic carbocycles. The van der Waals surface area contributed by atoms with E-state index >= 15 is 0 Å². The van der Waals surface area contributed by atoms with Crippen molar-refractivity contribution in [2.24, 2.45) is 5.73 Å².